The van der Waals surface area contributed by atoms with E-state index in [1.165, 1.54) is 6.20 Å². The summed E-state index contributed by atoms with van der Waals surface area (Å²) in [5, 5.41) is 14.6. The molecule has 0 bridgehead atoms. The summed E-state index contributed by atoms with van der Waals surface area (Å²) < 4.78 is 1.86. The van der Waals surface area contributed by atoms with E-state index in [0.717, 1.165) is 37.8 Å². The number of hydrogen-bond acceptors (Lipinski definition) is 8. The first-order valence-corrected chi connectivity index (χ1v) is 10.6. The Morgan fingerprint density at radius 1 is 1.34 bits per heavy atom. The minimum absolute atomic E-state index is 0.0802. The van der Waals surface area contributed by atoms with Crippen LogP contribution in [0.2, 0.25) is 0 Å². The van der Waals surface area contributed by atoms with Gasteiger partial charge in [0.1, 0.15) is 5.82 Å². The molecule has 1 aliphatic rings. The predicted molar refractivity (Wildman–Crippen MR) is 123 cm³/mol. The minimum atomic E-state index is -0.814. The molecule has 2 aromatic rings. The van der Waals surface area contributed by atoms with Gasteiger partial charge in [-0.05, 0) is 38.9 Å². The fourth-order valence-electron chi connectivity index (χ4n) is 3.78. The molecule has 0 saturated carbocycles. The summed E-state index contributed by atoms with van der Waals surface area (Å²) in [5.74, 6) is -1.12. The molecule has 2 atom stereocenters. The van der Waals surface area contributed by atoms with Gasteiger partial charge in [0.05, 0.1) is 41.4 Å². The van der Waals surface area contributed by atoms with E-state index in [4.69, 9.17) is 16.9 Å². The number of anilines is 3. The van der Waals surface area contributed by atoms with Crippen LogP contribution in [-0.4, -0.2) is 69.8 Å². The number of amides is 2. The van der Waals surface area contributed by atoms with E-state index in [9.17, 15) is 9.59 Å². The van der Waals surface area contributed by atoms with Crippen LogP contribution in [-0.2, 0) is 16.1 Å². The van der Waals surface area contributed by atoms with Gasteiger partial charge in [-0.25, -0.2) is 4.98 Å². The molecule has 0 aromatic carbocycles. The topological polar surface area (TPSA) is 159 Å². The maximum Gasteiger partial charge on any atom is 0.314 e. The number of likely N-dealkylation sites (N-methyl/N-ethyl adjacent to an activating group) is 1. The summed E-state index contributed by atoms with van der Waals surface area (Å²) in [4.78, 5) is 33.5. The molecule has 2 amide bonds. The van der Waals surface area contributed by atoms with Crippen molar-refractivity contribution in [3.8, 4) is 0 Å². The second-order valence-electron chi connectivity index (χ2n) is 8.45. The number of nitrogens with zero attached hydrogens (tertiary/aromatic N) is 5. The van der Waals surface area contributed by atoms with Crippen LogP contribution >= 0.6 is 0 Å². The van der Waals surface area contributed by atoms with Crippen LogP contribution < -0.4 is 16.8 Å². The van der Waals surface area contributed by atoms with E-state index in [0.29, 0.717) is 6.54 Å². The molecule has 0 spiro atoms. The lowest BCUT2D eigenvalue weighted by atomic mass is 9.92. The summed E-state index contributed by atoms with van der Waals surface area (Å²) in [6.45, 7) is 4.11. The van der Waals surface area contributed by atoms with Gasteiger partial charge >= 0.3 is 11.8 Å². The molecule has 0 aliphatic carbocycles. The number of nitrogens with one attached hydrogen (secondary N) is 2. The Labute approximate surface area is 187 Å². The first-order valence-electron chi connectivity index (χ1n) is 10.6. The van der Waals surface area contributed by atoms with Crippen LogP contribution in [0.25, 0.3) is 0 Å². The maximum atomic E-state index is 13.1. The zero-order valence-electron chi connectivity index (χ0n) is 18.7. The Morgan fingerprint density at radius 3 is 2.78 bits per heavy atom. The molecular weight excluding hydrogens is 410 g/mol. The highest BCUT2D eigenvalue weighted by molar-refractivity contribution is 6.40. The molecule has 1 fully saturated rings. The molecule has 0 unspecified atom stereocenters. The average molecular weight is 442 g/mol. The lowest BCUT2D eigenvalue weighted by Gasteiger charge is -2.37. The summed E-state index contributed by atoms with van der Waals surface area (Å²) in [5.41, 5.74) is 12.9. The number of piperidine rings is 1. The van der Waals surface area contributed by atoms with E-state index in [1.807, 2.05) is 31.0 Å². The number of likely N-dealkylation sites (tertiary alicyclic amines) is 1. The van der Waals surface area contributed by atoms with Crippen molar-refractivity contribution in [2.45, 2.75) is 32.4 Å². The van der Waals surface area contributed by atoms with Crippen LogP contribution in [0, 0.1) is 11.3 Å². The lowest BCUT2D eigenvalue weighted by Crippen LogP contribution is -2.46. The molecule has 1 saturated heterocycles. The number of carbonyl (C=O) groups is 2. The SMILES string of the molecule is C[C@@H]1CC[C@@H](c2ccn(CCN(C)C)n2)N(C(=O)C(=O)Nc2cnc(N)c(C=N)c2N)C1. The highest BCUT2D eigenvalue weighted by Gasteiger charge is 2.35. The van der Waals surface area contributed by atoms with Crippen molar-refractivity contribution in [3.05, 3.63) is 29.7 Å². The zero-order valence-corrected chi connectivity index (χ0v) is 18.7. The quantitative estimate of drug-likeness (QED) is 0.383. The number of rotatable bonds is 6. The van der Waals surface area contributed by atoms with Gasteiger partial charge in [0, 0.05) is 25.5 Å². The molecule has 11 heteroatoms. The number of hydrogen-bond donors (Lipinski definition) is 4. The van der Waals surface area contributed by atoms with Gasteiger partial charge in [-0.15, -0.1) is 0 Å². The Morgan fingerprint density at radius 2 is 2.09 bits per heavy atom. The highest BCUT2D eigenvalue weighted by atomic mass is 16.2. The number of aromatic nitrogens is 3. The maximum absolute atomic E-state index is 13.1. The van der Waals surface area contributed by atoms with Gasteiger partial charge in [-0.1, -0.05) is 6.92 Å². The monoisotopic (exact) mass is 441 g/mol. The van der Waals surface area contributed by atoms with Gasteiger partial charge in [-0.2, -0.15) is 5.10 Å². The molecule has 0 radical (unpaired) electrons. The van der Waals surface area contributed by atoms with Crippen LogP contribution in [0.3, 0.4) is 0 Å². The predicted octanol–water partition coefficient (Wildman–Crippen LogP) is 0.940. The van der Waals surface area contributed by atoms with E-state index in [-0.39, 0.29) is 34.7 Å². The number of pyridine rings is 1. The fraction of sp³-hybridized carbons (Fsp3) is 0.476. The van der Waals surface area contributed by atoms with Gasteiger partial charge in [0.15, 0.2) is 0 Å². The van der Waals surface area contributed by atoms with Gasteiger partial charge in [0.25, 0.3) is 0 Å². The second-order valence-corrected chi connectivity index (χ2v) is 8.45. The molecule has 11 nitrogen and oxygen atoms in total. The number of carbonyl (C=O) groups excluding carboxylic acids is 2. The summed E-state index contributed by atoms with van der Waals surface area (Å²) in [6, 6.07) is 1.64. The second kappa shape index (κ2) is 9.77. The smallest absolute Gasteiger partial charge is 0.314 e. The van der Waals surface area contributed by atoms with Gasteiger partial charge in [-0.3, -0.25) is 14.3 Å². The van der Waals surface area contributed by atoms with Crippen molar-refractivity contribution >= 4 is 35.2 Å². The Kier molecular flexibility index (Phi) is 7.08. The van der Waals surface area contributed by atoms with Gasteiger partial charge in [0.2, 0.25) is 0 Å². The van der Waals surface area contributed by atoms with E-state index in [1.54, 1.807) is 4.90 Å². The molecule has 6 N–H and O–H groups in total. The average Bonchev–Trinajstić information content (AvgIpc) is 3.23. The molecule has 3 rings (SSSR count). The first-order chi connectivity index (χ1) is 15.2. The molecular formula is C21H31N9O2. The van der Waals surface area contributed by atoms with Crippen molar-refractivity contribution in [2.75, 3.05) is 44.0 Å². The zero-order chi connectivity index (χ0) is 23.4. The highest BCUT2D eigenvalue weighted by Crippen LogP contribution is 2.33. The van der Waals surface area contributed by atoms with Crippen molar-refractivity contribution in [2.24, 2.45) is 5.92 Å². The van der Waals surface area contributed by atoms with Crippen molar-refractivity contribution in [1.29, 1.82) is 5.41 Å². The minimum Gasteiger partial charge on any atom is -0.396 e. The van der Waals surface area contributed by atoms with Crippen LogP contribution in [0.15, 0.2) is 18.5 Å². The van der Waals surface area contributed by atoms with E-state index >= 15 is 0 Å². The van der Waals surface area contributed by atoms with Gasteiger partial charge < -0.3 is 32.0 Å². The lowest BCUT2D eigenvalue weighted by molar-refractivity contribution is -0.146. The normalized spacial score (nSPS) is 18.6. The van der Waals surface area contributed by atoms with Crippen LogP contribution in [0.4, 0.5) is 17.2 Å². The molecule has 1 aliphatic heterocycles. The standard InChI is InChI=1S/C21H31N9O2/c1-13-4-5-17(15-6-7-29(27-15)9-8-28(2)3)30(12-13)21(32)20(31)26-16-11-25-19(24)14(10-22)18(16)23/h6-7,10-11,13,17,22H,4-5,8-9,12H2,1-3H3,(H,26,31)(H4,23,24,25)/t13-,17+/m1/s1. The Bertz CT molecular complexity index is 1000. The van der Waals surface area contributed by atoms with Crippen LogP contribution in [0.5, 0.6) is 0 Å². The molecule has 2 aromatic heterocycles. The van der Waals surface area contributed by atoms with Crippen LogP contribution in [0.1, 0.15) is 37.1 Å². The number of nitrogen functional groups attached to an aromatic ring is 2. The third kappa shape index (κ3) is 5.05. The summed E-state index contributed by atoms with van der Waals surface area (Å²) in [6.07, 6.45) is 5.82. The third-order valence-corrected chi connectivity index (χ3v) is 5.63. The Hall–Kier alpha value is -3.47. The van der Waals surface area contributed by atoms with Crippen molar-refractivity contribution < 1.29 is 9.59 Å². The first kappa shape index (κ1) is 23.2. The van der Waals surface area contributed by atoms with Crippen molar-refractivity contribution in [1.82, 2.24) is 24.6 Å². The third-order valence-electron chi connectivity index (χ3n) is 5.63. The van der Waals surface area contributed by atoms with E-state index in [2.05, 4.69) is 27.2 Å². The Balaban J connectivity index is 1.78. The fourth-order valence-corrected chi connectivity index (χ4v) is 3.78. The van der Waals surface area contributed by atoms with Crippen molar-refractivity contribution in [3.63, 3.8) is 0 Å². The largest absolute Gasteiger partial charge is 0.396 e. The summed E-state index contributed by atoms with van der Waals surface area (Å²) >= 11 is 0. The van der Waals surface area contributed by atoms with E-state index < -0.39 is 11.8 Å². The molecule has 32 heavy (non-hydrogen) atoms. The number of nitrogens with two attached hydrogens (primary N) is 2. The summed E-state index contributed by atoms with van der Waals surface area (Å²) in [7, 11) is 4.00. The molecule has 172 valence electrons. The molecule has 3 heterocycles.